The molecule has 0 spiro atoms. The van der Waals surface area contributed by atoms with Gasteiger partial charge in [0.25, 0.3) is 5.91 Å². The number of ether oxygens (including phenoxy) is 1. The molecule has 8 heteroatoms. The first-order valence-electron chi connectivity index (χ1n) is 7.87. The van der Waals surface area contributed by atoms with Gasteiger partial charge in [-0.2, -0.15) is 0 Å². The molecule has 1 N–H and O–H groups in total. The lowest BCUT2D eigenvalue weighted by Gasteiger charge is -2.13. The van der Waals surface area contributed by atoms with E-state index in [1.807, 2.05) is 31.2 Å². The van der Waals surface area contributed by atoms with Crippen LogP contribution >= 0.6 is 11.3 Å². The maximum absolute atomic E-state index is 12.3. The number of hydrogen-bond acceptors (Lipinski definition) is 6. The average Bonchev–Trinajstić information content (AvgIpc) is 2.97. The third kappa shape index (κ3) is 4.20. The summed E-state index contributed by atoms with van der Waals surface area (Å²) >= 11 is 1.22. The number of sulfone groups is 1. The summed E-state index contributed by atoms with van der Waals surface area (Å²) in [6.07, 6.45) is 0.457. The van der Waals surface area contributed by atoms with Gasteiger partial charge in [-0.25, -0.2) is 13.4 Å². The SMILES string of the molecule is Cc1ccc(O[C@H](C)C(=O)Nc2nc3ccc(S(C)(=O)=O)cc3s2)cc1. The van der Waals surface area contributed by atoms with Crippen molar-refractivity contribution in [2.24, 2.45) is 0 Å². The fourth-order valence-electron chi connectivity index (χ4n) is 2.27. The lowest BCUT2D eigenvalue weighted by molar-refractivity contribution is -0.122. The minimum atomic E-state index is -3.29. The summed E-state index contributed by atoms with van der Waals surface area (Å²) in [5.41, 5.74) is 1.74. The molecule has 0 aliphatic rings. The molecule has 0 aliphatic heterocycles. The van der Waals surface area contributed by atoms with E-state index in [1.54, 1.807) is 19.1 Å². The molecule has 136 valence electrons. The molecule has 1 atom stereocenters. The zero-order chi connectivity index (χ0) is 18.9. The monoisotopic (exact) mass is 390 g/mol. The molecular formula is C18H18N2O4S2. The molecule has 3 rings (SSSR count). The van der Waals surface area contributed by atoms with E-state index in [9.17, 15) is 13.2 Å². The number of nitrogens with one attached hydrogen (secondary N) is 1. The van der Waals surface area contributed by atoms with E-state index in [0.717, 1.165) is 11.8 Å². The van der Waals surface area contributed by atoms with Crippen molar-refractivity contribution in [2.45, 2.75) is 24.8 Å². The average molecular weight is 390 g/mol. The van der Waals surface area contributed by atoms with E-state index < -0.39 is 15.9 Å². The Balaban J connectivity index is 1.73. The van der Waals surface area contributed by atoms with Crippen molar-refractivity contribution in [1.29, 1.82) is 0 Å². The standard InChI is InChI=1S/C18H18N2O4S2/c1-11-4-6-13(7-5-11)24-12(2)17(21)20-18-19-15-9-8-14(26(3,22)23)10-16(15)25-18/h4-10,12H,1-3H3,(H,19,20,21)/t12-/m1/s1. The van der Waals surface area contributed by atoms with Crippen molar-refractivity contribution in [2.75, 3.05) is 11.6 Å². The molecule has 0 saturated heterocycles. The van der Waals surface area contributed by atoms with Crippen LogP contribution in [0.4, 0.5) is 5.13 Å². The molecule has 0 fully saturated rings. The summed E-state index contributed by atoms with van der Waals surface area (Å²) in [6, 6.07) is 12.1. The molecule has 26 heavy (non-hydrogen) atoms. The number of rotatable bonds is 5. The van der Waals surface area contributed by atoms with Gasteiger partial charge < -0.3 is 4.74 Å². The summed E-state index contributed by atoms with van der Waals surface area (Å²) in [7, 11) is -3.29. The van der Waals surface area contributed by atoms with Crippen LogP contribution in [0.2, 0.25) is 0 Å². The van der Waals surface area contributed by atoms with Crippen LogP contribution in [0.1, 0.15) is 12.5 Å². The highest BCUT2D eigenvalue weighted by atomic mass is 32.2. The minimum Gasteiger partial charge on any atom is -0.481 e. The van der Waals surface area contributed by atoms with Crippen LogP contribution in [0.25, 0.3) is 10.2 Å². The predicted molar refractivity (Wildman–Crippen MR) is 103 cm³/mol. The molecule has 1 heterocycles. The molecule has 0 saturated carbocycles. The highest BCUT2D eigenvalue weighted by molar-refractivity contribution is 7.90. The second-order valence-corrected chi connectivity index (χ2v) is 9.03. The number of hydrogen-bond donors (Lipinski definition) is 1. The Kier molecular flexibility index (Phi) is 4.97. The molecule has 3 aromatic rings. The molecule has 0 unspecified atom stereocenters. The largest absolute Gasteiger partial charge is 0.481 e. The van der Waals surface area contributed by atoms with Crippen LogP contribution in [0.15, 0.2) is 47.4 Å². The van der Waals surface area contributed by atoms with E-state index >= 15 is 0 Å². The quantitative estimate of drug-likeness (QED) is 0.721. The van der Waals surface area contributed by atoms with Crippen LogP contribution in [0.5, 0.6) is 5.75 Å². The van der Waals surface area contributed by atoms with Crippen molar-refractivity contribution in [1.82, 2.24) is 4.98 Å². The second kappa shape index (κ2) is 7.05. The predicted octanol–water partition coefficient (Wildman–Crippen LogP) is 3.41. The Bertz CT molecular complexity index is 1060. The molecular weight excluding hydrogens is 372 g/mol. The molecule has 0 aliphatic carbocycles. The number of aryl methyl sites for hydroxylation is 1. The number of nitrogens with zero attached hydrogens (tertiary/aromatic N) is 1. The first-order chi connectivity index (χ1) is 12.2. The van der Waals surface area contributed by atoms with Gasteiger partial charge in [0.05, 0.1) is 15.1 Å². The van der Waals surface area contributed by atoms with Gasteiger partial charge in [-0.15, -0.1) is 0 Å². The number of fused-ring (bicyclic) bond motifs is 1. The zero-order valence-electron chi connectivity index (χ0n) is 14.5. The summed E-state index contributed by atoms with van der Waals surface area (Å²) < 4.78 is 29.6. The number of amides is 1. The zero-order valence-corrected chi connectivity index (χ0v) is 16.1. The number of aromatic nitrogens is 1. The number of carbonyl (C=O) groups is 1. The van der Waals surface area contributed by atoms with Crippen molar-refractivity contribution in [3.8, 4) is 5.75 Å². The lowest BCUT2D eigenvalue weighted by Crippen LogP contribution is -2.30. The van der Waals surface area contributed by atoms with E-state index in [1.165, 1.54) is 17.4 Å². The van der Waals surface area contributed by atoms with E-state index in [0.29, 0.717) is 21.1 Å². The van der Waals surface area contributed by atoms with Crippen molar-refractivity contribution in [3.63, 3.8) is 0 Å². The van der Waals surface area contributed by atoms with Crippen LogP contribution in [-0.2, 0) is 14.6 Å². The van der Waals surface area contributed by atoms with Gasteiger partial charge in [-0.05, 0) is 44.2 Å². The molecule has 2 aromatic carbocycles. The normalized spacial score (nSPS) is 12.7. The van der Waals surface area contributed by atoms with Gasteiger partial charge in [0.15, 0.2) is 21.1 Å². The van der Waals surface area contributed by atoms with Gasteiger partial charge in [0.2, 0.25) is 0 Å². The minimum absolute atomic E-state index is 0.225. The smallest absolute Gasteiger partial charge is 0.266 e. The number of carbonyl (C=O) groups excluding carboxylic acids is 1. The maximum atomic E-state index is 12.3. The molecule has 0 radical (unpaired) electrons. The Labute approximate surface area is 155 Å². The highest BCUT2D eigenvalue weighted by Gasteiger charge is 2.17. The van der Waals surface area contributed by atoms with Gasteiger partial charge in [0, 0.05) is 6.26 Å². The fraction of sp³-hybridized carbons (Fsp3) is 0.222. The lowest BCUT2D eigenvalue weighted by atomic mass is 10.2. The van der Waals surface area contributed by atoms with Crippen LogP contribution in [0, 0.1) is 6.92 Å². The fourth-order valence-corrected chi connectivity index (χ4v) is 3.90. The second-order valence-electron chi connectivity index (χ2n) is 5.98. The Morgan fingerprint density at radius 2 is 1.88 bits per heavy atom. The van der Waals surface area contributed by atoms with Crippen molar-refractivity contribution < 1.29 is 17.9 Å². The van der Waals surface area contributed by atoms with Crippen LogP contribution in [0.3, 0.4) is 0 Å². The summed E-state index contributed by atoms with van der Waals surface area (Å²) in [5.74, 6) is 0.285. The van der Waals surface area contributed by atoms with Gasteiger partial charge in [-0.1, -0.05) is 29.0 Å². The van der Waals surface area contributed by atoms with Gasteiger partial charge in [0.1, 0.15) is 5.75 Å². The van der Waals surface area contributed by atoms with E-state index in [-0.39, 0.29) is 10.8 Å². The van der Waals surface area contributed by atoms with Crippen molar-refractivity contribution in [3.05, 3.63) is 48.0 Å². The van der Waals surface area contributed by atoms with Crippen molar-refractivity contribution >= 4 is 42.4 Å². The van der Waals surface area contributed by atoms with Crippen LogP contribution in [-0.4, -0.2) is 31.7 Å². The van der Waals surface area contributed by atoms with Crippen LogP contribution < -0.4 is 10.1 Å². The summed E-state index contributed by atoms with van der Waals surface area (Å²) in [5, 5.41) is 3.11. The Hall–Kier alpha value is -2.45. The first kappa shape index (κ1) is 18.3. The first-order valence-corrected chi connectivity index (χ1v) is 10.6. The molecule has 1 amide bonds. The van der Waals surface area contributed by atoms with E-state index in [2.05, 4.69) is 10.3 Å². The Morgan fingerprint density at radius 1 is 1.19 bits per heavy atom. The third-order valence-corrected chi connectivity index (χ3v) is 5.77. The van der Waals surface area contributed by atoms with Gasteiger partial charge in [-0.3, -0.25) is 10.1 Å². The topological polar surface area (TPSA) is 85.4 Å². The number of thiazole rings is 1. The van der Waals surface area contributed by atoms with E-state index in [4.69, 9.17) is 4.74 Å². The summed E-state index contributed by atoms with van der Waals surface area (Å²) in [6.45, 7) is 3.63. The molecule has 6 nitrogen and oxygen atoms in total. The number of benzene rings is 2. The summed E-state index contributed by atoms with van der Waals surface area (Å²) in [4.78, 5) is 16.9. The molecule has 1 aromatic heterocycles. The third-order valence-electron chi connectivity index (χ3n) is 3.72. The maximum Gasteiger partial charge on any atom is 0.266 e. The van der Waals surface area contributed by atoms with Gasteiger partial charge >= 0.3 is 0 Å². The number of anilines is 1. The molecule has 0 bridgehead atoms. The highest BCUT2D eigenvalue weighted by Crippen LogP contribution is 2.28. The Morgan fingerprint density at radius 3 is 2.54 bits per heavy atom.